The number of H-pyrrole nitrogens is 1. The molecule has 134 valence electrons. The second-order valence-electron chi connectivity index (χ2n) is 6.53. The van der Waals surface area contributed by atoms with Crippen LogP contribution in [0.5, 0.6) is 0 Å². The molecule has 2 atom stereocenters. The van der Waals surface area contributed by atoms with Crippen molar-refractivity contribution in [1.82, 2.24) is 20.4 Å². The molecule has 1 amide bonds. The van der Waals surface area contributed by atoms with E-state index in [2.05, 4.69) is 20.4 Å². The molecular formula is C19H20N4O3. The van der Waals surface area contributed by atoms with Gasteiger partial charge in [0.15, 0.2) is 0 Å². The van der Waals surface area contributed by atoms with Crippen LogP contribution in [0.4, 0.5) is 0 Å². The molecule has 0 radical (unpaired) electrons. The number of hydrogen-bond donors (Lipinski definition) is 2. The first-order valence-electron chi connectivity index (χ1n) is 8.59. The number of carbonyl (C=O) groups is 1. The molecule has 1 saturated heterocycles. The molecule has 1 fully saturated rings. The highest BCUT2D eigenvalue weighted by Crippen LogP contribution is 2.21. The van der Waals surface area contributed by atoms with Crippen LogP contribution in [0.3, 0.4) is 0 Å². The Morgan fingerprint density at radius 3 is 3.04 bits per heavy atom. The molecule has 3 heterocycles. The van der Waals surface area contributed by atoms with Crippen molar-refractivity contribution >= 4 is 5.91 Å². The lowest BCUT2D eigenvalue weighted by molar-refractivity contribution is 0.0924. The summed E-state index contributed by atoms with van der Waals surface area (Å²) in [6.07, 6.45) is 4.14. The van der Waals surface area contributed by atoms with Crippen molar-refractivity contribution in [2.24, 2.45) is 5.92 Å². The van der Waals surface area contributed by atoms with Crippen LogP contribution in [-0.4, -0.2) is 40.3 Å². The highest BCUT2D eigenvalue weighted by Gasteiger charge is 2.31. The first kappa shape index (κ1) is 16.5. The van der Waals surface area contributed by atoms with E-state index in [0.29, 0.717) is 25.2 Å². The van der Waals surface area contributed by atoms with Gasteiger partial charge in [-0.2, -0.15) is 0 Å². The normalized spacial score (nSPS) is 19.6. The molecule has 2 aromatic heterocycles. The number of rotatable bonds is 5. The number of aryl methyl sites for hydroxylation is 1. The SMILES string of the molecule is Cc1cc(C[C@@H]2COC[C@@H]2NC(=O)c2cccc(-c3ncc[nH]3)c2)on1. The molecule has 7 heteroatoms. The van der Waals surface area contributed by atoms with Crippen LogP contribution in [0.2, 0.25) is 0 Å². The Balaban J connectivity index is 1.44. The molecule has 7 nitrogen and oxygen atoms in total. The molecule has 1 aromatic carbocycles. The first-order chi connectivity index (χ1) is 12.7. The van der Waals surface area contributed by atoms with Crippen LogP contribution in [0.1, 0.15) is 21.8 Å². The first-order valence-corrected chi connectivity index (χ1v) is 8.59. The molecule has 0 bridgehead atoms. The highest BCUT2D eigenvalue weighted by molar-refractivity contribution is 5.95. The fraction of sp³-hybridized carbons (Fsp3) is 0.316. The topological polar surface area (TPSA) is 93.0 Å². The minimum absolute atomic E-state index is 0.0554. The summed E-state index contributed by atoms with van der Waals surface area (Å²) in [5.41, 5.74) is 2.33. The van der Waals surface area contributed by atoms with Crippen molar-refractivity contribution in [1.29, 1.82) is 0 Å². The van der Waals surface area contributed by atoms with Crippen molar-refractivity contribution in [2.75, 3.05) is 13.2 Å². The molecule has 3 aromatic rings. The van der Waals surface area contributed by atoms with Crippen LogP contribution in [0.25, 0.3) is 11.4 Å². The molecule has 0 saturated carbocycles. The van der Waals surface area contributed by atoms with E-state index in [-0.39, 0.29) is 17.9 Å². The van der Waals surface area contributed by atoms with Crippen LogP contribution in [0, 0.1) is 12.8 Å². The Morgan fingerprint density at radius 2 is 2.27 bits per heavy atom. The summed E-state index contributed by atoms with van der Waals surface area (Å²) in [5.74, 6) is 1.60. The molecule has 26 heavy (non-hydrogen) atoms. The summed E-state index contributed by atoms with van der Waals surface area (Å²) in [4.78, 5) is 20.0. The number of amides is 1. The van der Waals surface area contributed by atoms with Gasteiger partial charge >= 0.3 is 0 Å². The molecular weight excluding hydrogens is 332 g/mol. The fourth-order valence-electron chi connectivity index (χ4n) is 3.21. The van der Waals surface area contributed by atoms with E-state index < -0.39 is 0 Å². The number of nitrogens with zero attached hydrogens (tertiary/aromatic N) is 2. The second kappa shape index (κ2) is 7.13. The van der Waals surface area contributed by atoms with Gasteiger partial charge in [0.1, 0.15) is 11.6 Å². The number of carbonyl (C=O) groups excluding carboxylic acids is 1. The largest absolute Gasteiger partial charge is 0.379 e. The zero-order chi connectivity index (χ0) is 17.9. The minimum Gasteiger partial charge on any atom is -0.379 e. The molecule has 2 N–H and O–H groups in total. The van der Waals surface area contributed by atoms with Gasteiger partial charge in [-0.25, -0.2) is 4.98 Å². The molecule has 0 unspecified atom stereocenters. The van der Waals surface area contributed by atoms with Crippen LogP contribution in [-0.2, 0) is 11.2 Å². The summed E-state index contributed by atoms with van der Waals surface area (Å²) >= 11 is 0. The predicted octanol–water partition coefficient (Wildman–Crippen LogP) is 2.36. The third-order valence-corrected chi connectivity index (χ3v) is 4.55. The Morgan fingerprint density at radius 1 is 1.35 bits per heavy atom. The van der Waals surface area contributed by atoms with Gasteiger partial charge in [-0.15, -0.1) is 0 Å². The Labute approximate surface area is 150 Å². The van der Waals surface area contributed by atoms with Gasteiger partial charge < -0.3 is 19.6 Å². The molecule has 1 aliphatic heterocycles. The number of aromatic nitrogens is 3. The van der Waals surface area contributed by atoms with Crippen molar-refractivity contribution < 1.29 is 14.1 Å². The lowest BCUT2D eigenvalue weighted by Crippen LogP contribution is -2.40. The van der Waals surface area contributed by atoms with Crippen LogP contribution < -0.4 is 5.32 Å². The number of benzene rings is 1. The van der Waals surface area contributed by atoms with Crippen molar-refractivity contribution in [2.45, 2.75) is 19.4 Å². The van der Waals surface area contributed by atoms with Gasteiger partial charge in [-0.05, 0) is 19.1 Å². The third kappa shape index (κ3) is 3.52. The summed E-state index contributed by atoms with van der Waals surface area (Å²) in [6, 6.07) is 9.27. The highest BCUT2D eigenvalue weighted by atomic mass is 16.5. The second-order valence-corrected chi connectivity index (χ2v) is 6.53. The van der Waals surface area contributed by atoms with Crippen molar-refractivity contribution in [3.63, 3.8) is 0 Å². The van der Waals surface area contributed by atoms with Gasteiger partial charge in [0, 0.05) is 41.9 Å². The zero-order valence-electron chi connectivity index (χ0n) is 14.4. The van der Waals surface area contributed by atoms with Crippen molar-refractivity contribution in [3.05, 3.63) is 59.7 Å². The Hall–Kier alpha value is -2.93. The molecule has 1 aliphatic rings. The van der Waals surface area contributed by atoms with Crippen LogP contribution in [0.15, 0.2) is 47.2 Å². The maximum atomic E-state index is 12.7. The van der Waals surface area contributed by atoms with Gasteiger partial charge in [0.2, 0.25) is 0 Å². The van der Waals surface area contributed by atoms with Gasteiger partial charge in [-0.3, -0.25) is 4.79 Å². The summed E-state index contributed by atoms with van der Waals surface area (Å²) in [6.45, 7) is 2.99. The fourth-order valence-corrected chi connectivity index (χ4v) is 3.21. The number of nitrogens with one attached hydrogen (secondary N) is 2. The minimum atomic E-state index is -0.118. The monoisotopic (exact) mass is 352 g/mol. The summed E-state index contributed by atoms with van der Waals surface area (Å²) in [5, 5.41) is 7.00. The van der Waals surface area contributed by atoms with E-state index in [4.69, 9.17) is 9.26 Å². The standard InChI is InChI=1S/C19H20N4O3/c1-12-7-16(26-23-12)9-15-10-25-11-17(15)22-19(24)14-4-2-3-13(8-14)18-20-5-6-21-18/h2-8,15,17H,9-11H2,1H3,(H,20,21)(H,22,24)/t15-,17+/m1/s1. The van der Waals surface area contributed by atoms with E-state index in [1.807, 2.05) is 31.2 Å². The number of hydrogen-bond acceptors (Lipinski definition) is 5. The quantitative estimate of drug-likeness (QED) is 0.735. The average molecular weight is 352 g/mol. The van der Waals surface area contributed by atoms with E-state index in [0.717, 1.165) is 22.8 Å². The van der Waals surface area contributed by atoms with Crippen molar-refractivity contribution in [3.8, 4) is 11.4 Å². The summed E-state index contributed by atoms with van der Waals surface area (Å²) in [7, 11) is 0. The maximum Gasteiger partial charge on any atom is 0.251 e. The molecule has 0 spiro atoms. The van der Waals surface area contributed by atoms with E-state index in [9.17, 15) is 4.79 Å². The van der Waals surface area contributed by atoms with E-state index in [1.54, 1.807) is 18.5 Å². The lowest BCUT2D eigenvalue weighted by atomic mass is 9.97. The molecule has 4 rings (SSSR count). The number of ether oxygens (including phenoxy) is 1. The molecule has 0 aliphatic carbocycles. The predicted molar refractivity (Wildman–Crippen MR) is 94.5 cm³/mol. The van der Waals surface area contributed by atoms with E-state index in [1.165, 1.54) is 0 Å². The number of imidazole rings is 1. The van der Waals surface area contributed by atoms with Gasteiger partial charge in [0.05, 0.1) is 24.9 Å². The Bertz CT molecular complexity index is 888. The van der Waals surface area contributed by atoms with Gasteiger partial charge in [0.25, 0.3) is 5.91 Å². The van der Waals surface area contributed by atoms with E-state index >= 15 is 0 Å². The lowest BCUT2D eigenvalue weighted by Gasteiger charge is -2.18. The smallest absolute Gasteiger partial charge is 0.251 e. The maximum absolute atomic E-state index is 12.7. The average Bonchev–Trinajstić information content (AvgIpc) is 3.39. The zero-order valence-corrected chi connectivity index (χ0v) is 14.4. The van der Waals surface area contributed by atoms with Gasteiger partial charge in [-0.1, -0.05) is 17.3 Å². The van der Waals surface area contributed by atoms with Crippen LogP contribution >= 0.6 is 0 Å². The number of aromatic amines is 1. The summed E-state index contributed by atoms with van der Waals surface area (Å²) < 4.78 is 10.9. The third-order valence-electron chi connectivity index (χ3n) is 4.55. The Kier molecular flexibility index (Phi) is 4.53.